The number of nitrogens with two attached hydrogens (primary N) is 2. The molecule has 0 aliphatic rings. The molecule has 80 valence electrons. The van der Waals surface area contributed by atoms with Crippen molar-refractivity contribution >= 4 is 17.6 Å². The zero-order valence-electron chi connectivity index (χ0n) is 8.03. The lowest BCUT2D eigenvalue weighted by Crippen LogP contribution is -2.22. The molecule has 0 spiro atoms. The average molecular weight is 211 g/mol. The van der Waals surface area contributed by atoms with Gasteiger partial charge in [-0.25, -0.2) is 14.2 Å². The van der Waals surface area contributed by atoms with Crippen LogP contribution in [0.4, 0.5) is 10.1 Å². The summed E-state index contributed by atoms with van der Waals surface area (Å²) in [6.45, 7) is 0. The second kappa shape index (κ2) is 4.41. The van der Waals surface area contributed by atoms with Crippen molar-refractivity contribution in [3.63, 3.8) is 0 Å². The molecular formula is C9H10FN3O2. The fourth-order valence-electron chi connectivity index (χ4n) is 0.981. The normalized spacial score (nSPS) is 9.47. The molecule has 1 rings (SSSR count). The van der Waals surface area contributed by atoms with E-state index in [1.807, 2.05) is 0 Å². The standard InChI is InChI=1S/C9H10FN3O2/c1-15-8(14)5-2-3-7(6(10)4-5)13-9(11)12/h2-4H,1H3,(H4,11,12,13). The third kappa shape index (κ3) is 2.67. The maximum Gasteiger partial charge on any atom is 0.337 e. The molecule has 0 bridgehead atoms. The van der Waals surface area contributed by atoms with E-state index in [4.69, 9.17) is 11.5 Å². The number of guanidine groups is 1. The summed E-state index contributed by atoms with van der Waals surface area (Å²) < 4.78 is 17.7. The average Bonchev–Trinajstić information content (AvgIpc) is 2.19. The summed E-state index contributed by atoms with van der Waals surface area (Å²) in [6.07, 6.45) is 0. The zero-order chi connectivity index (χ0) is 11.4. The molecule has 0 amide bonds. The molecule has 5 nitrogen and oxygen atoms in total. The second-order valence-corrected chi connectivity index (χ2v) is 2.69. The van der Waals surface area contributed by atoms with Gasteiger partial charge in [0.25, 0.3) is 0 Å². The van der Waals surface area contributed by atoms with Crippen molar-refractivity contribution in [2.45, 2.75) is 0 Å². The summed E-state index contributed by atoms with van der Waals surface area (Å²) in [5, 5.41) is 0. The molecule has 0 fully saturated rings. The summed E-state index contributed by atoms with van der Waals surface area (Å²) in [6, 6.07) is 3.67. The number of methoxy groups -OCH3 is 1. The van der Waals surface area contributed by atoms with Crippen LogP contribution in [-0.4, -0.2) is 19.0 Å². The highest BCUT2D eigenvalue weighted by Gasteiger charge is 2.09. The van der Waals surface area contributed by atoms with Gasteiger partial charge >= 0.3 is 5.97 Å². The molecule has 1 aromatic carbocycles. The van der Waals surface area contributed by atoms with Crippen molar-refractivity contribution in [2.24, 2.45) is 16.5 Å². The van der Waals surface area contributed by atoms with Crippen LogP contribution >= 0.6 is 0 Å². The van der Waals surface area contributed by atoms with Gasteiger partial charge in [0, 0.05) is 0 Å². The van der Waals surface area contributed by atoms with Gasteiger partial charge in [-0.05, 0) is 18.2 Å². The van der Waals surface area contributed by atoms with E-state index in [-0.39, 0.29) is 17.2 Å². The Hall–Kier alpha value is -2.11. The Bertz CT molecular complexity index is 414. The van der Waals surface area contributed by atoms with Gasteiger partial charge in [-0.1, -0.05) is 0 Å². The van der Waals surface area contributed by atoms with E-state index in [2.05, 4.69) is 9.73 Å². The minimum absolute atomic E-state index is 0.0253. The molecule has 4 N–H and O–H groups in total. The Labute approximate surface area is 85.5 Å². The van der Waals surface area contributed by atoms with Gasteiger partial charge in [-0.15, -0.1) is 0 Å². The number of rotatable bonds is 2. The molecule has 0 saturated heterocycles. The van der Waals surface area contributed by atoms with E-state index in [9.17, 15) is 9.18 Å². The molecule has 15 heavy (non-hydrogen) atoms. The Kier molecular flexibility index (Phi) is 3.22. The number of carbonyl (C=O) groups excluding carboxylic acids is 1. The number of benzene rings is 1. The van der Waals surface area contributed by atoms with Crippen LogP contribution in [0, 0.1) is 5.82 Å². The number of hydrogen-bond donors (Lipinski definition) is 2. The molecule has 6 heteroatoms. The first kappa shape index (κ1) is 11.0. The maximum atomic E-state index is 13.3. The van der Waals surface area contributed by atoms with Crippen molar-refractivity contribution < 1.29 is 13.9 Å². The first-order valence-electron chi connectivity index (χ1n) is 4.02. The van der Waals surface area contributed by atoms with Gasteiger partial charge in [0.1, 0.15) is 11.5 Å². The van der Waals surface area contributed by atoms with Crippen LogP contribution < -0.4 is 11.5 Å². The van der Waals surface area contributed by atoms with Crippen molar-refractivity contribution in [2.75, 3.05) is 7.11 Å². The number of aliphatic imine (C=N–C) groups is 1. The van der Waals surface area contributed by atoms with Gasteiger partial charge in [-0.2, -0.15) is 0 Å². The number of halogens is 1. The van der Waals surface area contributed by atoms with E-state index in [1.54, 1.807) is 0 Å². The Morgan fingerprint density at radius 2 is 2.13 bits per heavy atom. The molecule has 0 unspecified atom stereocenters. The molecule has 0 aromatic heterocycles. The first-order chi connectivity index (χ1) is 7.04. The van der Waals surface area contributed by atoms with Crippen LogP contribution in [0.25, 0.3) is 0 Å². The highest BCUT2D eigenvalue weighted by molar-refractivity contribution is 5.90. The van der Waals surface area contributed by atoms with Crippen LogP contribution in [0.5, 0.6) is 0 Å². The van der Waals surface area contributed by atoms with E-state index in [0.717, 1.165) is 6.07 Å². The van der Waals surface area contributed by atoms with Gasteiger partial charge < -0.3 is 16.2 Å². The fourth-order valence-corrected chi connectivity index (χ4v) is 0.981. The van der Waals surface area contributed by atoms with Gasteiger partial charge in [0.15, 0.2) is 5.96 Å². The number of esters is 1. The van der Waals surface area contributed by atoms with Crippen molar-refractivity contribution in [1.29, 1.82) is 0 Å². The summed E-state index contributed by atoms with van der Waals surface area (Å²) in [4.78, 5) is 14.6. The predicted octanol–water partition coefficient (Wildman–Crippen LogP) is 0.517. The quantitative estimate of drug-likeness (QED) is 0.423. The lowest BCUT2D eigenvalue weighted by Gasteiger charge is -2.01. The minimum atomic E-state index is -0.689. The first-order valence-corrected chi connectivity index (χ1v) is 4.02. The molecule has 0 atom stereocenters. The SMILES string of the molecule is COC(=O)c1ccc(N=C(N)N)c(F)c1. The monoisotopic (exact) mass is 211 g/mol. The number of carbonyl (C=O) groups is 1. The van der Waals surface area contributed by atoms with Crippen molar-refractivity contribution in [1.82, 2.24) is 0 Å². The maximum absolute atomic E-state index is 13.3. The van der Waals surface area contributed by atoms with Gasteiger partial charge in [0.05, 0.1) is 12.7 Å². The Morgan fingerprint density at radius 3 is 2.60 bits per heavy atom. The van der Waals surface area contributed by atoms with Crippen LogP contribution in [0.15, 0.2) is 23.2 Å². The van der Waals surface area contributed by atoms with Crippen LogP contribution in [0.1, 0.15) is 10.4 Å². The molecule has 1 aromatic rings. The summed E-state index contributed by atoms with van der Waals surface area (Å²) in [7, 11) is 1.21. The van der Waals surface area contributed by atoms with E-state index in [0.29, 0.717) is 0 Å². The van der Waals surface area contributed by atoms with E-state index >= 15 is 0 Å². The molecule has 0 aliphatic carbocycles. The summed E-state index contributed by atoms with van der Waals surface area (Å²) >= 11 is 0. The Morgan fingerprint density at radius 1 is 1.47 bits per heavy atom. The lowest BCUT2D eigenvalue weighted by atomic mass is 10.2. The molecule has 0 aliphatic heterocycles. The van der Waals surface area contributed by atoms with Crippen molar-refractivity contribution in [3.05, 3.63) is 29.6 Å². The van der Waals surface area contributed by atoms with Crippen LogP contribution in [-0.2, 0) is 4.74 Å². The van der Waals surface area contributed by atoms with Gasteiger partial charge in [-0.3, -0.25) is 0 Å². The number of ether oxygens (including phenoxy) is 1. The molecule has 0 saturated carbocycles. The Balaban J connectivity index is 3.09. The van der Waals surface area contributed by atoms with Crippen LogP contribution in [0.3, 0.4) is 0 Å². The summed E-state index contributed by atoms with van der Waals surface area (Å²) in [5.41, 5.74) is 10.2. The summed E-state index contributed by atoms with van der Waals surface area (Å²) in [5.74, 6) is -1.56. The smallest absolute Gasteiger partial charge is 0.337 e. The minimum Gasteiger partial charge on any atom is -0.465 e. The second-order valence-electron chi connectivity index (χ2n) is 2.69. The third-order valence-corrected chi connectivity index (χ3v) is 1.62. The van der Waals surface area contributed by atoms with E-state index in [1.165, 1.54) is 19.2 Å². The number of hydrogen-bond acceptors (Lipinski definition) is 3. The highest BCUT2D eigenvalue weighted by atomic mass is 19.1. The zero-order valence-corrected chi connectivity index (χ0v) is 8.03. The number of nitrogens with zero attached hydrogens (tertiary/aromatic N) is 1. The van der Waals surface area contributed by atoms with Gasteiger partial charge in [0.2, 0.25) is 0 Å². The lowest BCUT2D eigenvalue weighted by molar-refractivity contribution is 0.0600. The van der Waals surface area contributed by atoms with E-state index < -0.39 is 11.8 Å². The third-order valence-electron chi connectivity index (χ3n) is 1.62. The fraction of sp³-hybridized carbons (Fsp3) is 0.111. The highest BCUT2D eigenvalue weighted by Crippen LogP contribution is 2.18. The molecular weight excluding hydrogens is 201 g/mol. The molecule has 0 heterocycles. The van der Waals surface area contributed by atoms with Crippen molar-refractivity contribution in [3.8, 4) is 0 Å². The molecule has 0 radical (unpaired) electrons. The van der Waals surface area contributed by atoms with Crippen LogP contribution in [0.2, 0.25) is 0 Å². The largest absolute Gasteiger partial charge is 0.465 e. The topological polar surface area (TPSA) is 90.7 Å². The predicted molar refractivity (Wildman–Crippen MR) is 53.2 cm³/mol.